The van der Waals surface area contributed by atoms with Gasteiger partial charge in [0.15, 0.2) is 10.9 Å². The molecule has 0 unspecified atom stereocenters. The normalized spacial score (nSPS) is 14.3. The van der Waals surface area contributed by atoms with Gasteiger partial charge in [-0.05, 0) is 39.3 Å². The van der Waals surface area contributed by atoms with Gasteiger partial charge in [-0.1, -0.05) is 48.5 Å². The van der Waals surface area contributed by atoms with Gasteiger partial charge in [-0.15, -0.1) is 0 Å². The van der Waals surface area contributed by atoms with Gasteiger partial charge in [0.25, 0.3) is 5.91 Å². The van der Waals surface area contributed by atoms with Crippen molar-refractivity contribution in [3.05, 3.63) is 72.4 Å². The van der Waals surface area contributed by atoms with Gasteiger partial charge in [-0.2, -0.15) is 0 Å². The third kappa shape index (κ3) is 8.65. The number of nitrogens with zero attached hydrogens (tertiary/aromatic N) is 4. The summed E-state index contributed by atoms with van der Waals surface area (Å²) < 4.78 is 37.2. The Morgan fingerprint density at radius 3 is 2.07 bits per heavy atom. The highest BCUT2D eigenvalue weighted by Crippen LogP contribution is 2.23. The monoisotopic (exact) mass is 651 g/mol. The average molecular weight is 652 g/mol. The van der Waals surface area contributed by atoms with Crippen molar-refractivity contribution in [2.75, 3.05) is 33.3 Å². The number of rotatable bonds is 9. The van der Waals surface area contributed by atoms with Crippen molar-refractivity contribution in [3.63, 3.8) is 0 Å². The van der Waals surface area contributed by atoms with Crippen molar-refractivity contribution in [1.82, 2.24) is 25.1 Å². The van der Waals surface area contributed by atoms with E-state index < -0.39 is 50.4 Å². The lowest BCUT2D eigenvalue weighted by molar-refractivity contribution is -0.155. The molecule has 0 spiro atoms. The molecule has 4 rings (SSSR count). The molecule has 1 saturated heterocycles. The van der Waals surface area contributed by atoms with Crippen LogP contribution in [0.1, 0.15) is 44.1 Å². The molecule has 1 N–H and O–H groups in total. The number of carbonyl (C=O) groups excluding carboxylic acids is 4. The maximum atomic E-state index is 13.7. The van der Waals surface area contributed by atoms with Gasteiger partial charge in [0.2, 0.25) is 15.7 Å². The fourth-order valence-electron chi connectivity index (χ4n) is 4.72. The van der Waals surface area contributed by atoms with Crippen molar-refractivity contribution in [1.29, 1.82) is 0 Å². The number of hydrogen-bond donors (Lipinski definition) is 1. The predicted molar refractivity (Wildman–Crippen MR) is 166 cm³/mol. The maximum absolute atomic E-state index is 13.7. The summed E-state index contributed by atoms with van der Waals surface area (Å²) in [4.78, 5) is 63.5. The molecule has 0 aliphatic carbocycles. The van der Waals surface area contributed by atoms with E-state index in [4.69, 9.17) is 9.47 Å². The fourth-order valence-corrected chi connectivity index (χ4v) is 5.95. The van der Waals surface area contributed by atoms with E-state index in [0.29, 0.717) is 5.56 Å². The van der Waals surface area contributed by atoms with Crippen LogP contribution in [0.2, 0.25) is 0 Å². The minimum absolute atomic E-state index is 0.00156. The molecule has 46 heavy (non-hydrogen) atoms. The van der Waals surface area contributed by atoms with Gasteiger partial charge < -0.3 is 24.6 Å². The lowest BCUT2D eigenvalue weighted by Crippen LogP contribution is -2.56. The lowest BCUT2D eigenvalue weighted by Gasteiger charge is -2.35. The Labute approximate surface area is 267 Å². The number of carbonyl (C=O) groups is 4. The molecule has 1 aliphatic rings. The number of nitrogens with one attached hydrogen (secondary N) is 1. The Balaban J connectivity index is 1.65. The summed E-state index contributed by atoms with van der Waals surface area (Å²) in [6, 6.07) is 16.1. The molecule has 0 bridgehead atoms. The zero-order chi connectivity index (χ0) is 33.5. The summed E-state index contributed by atoms with van der Waals surface area (Å²) >= 11 is 0. The van der Waals surface area contributed by atoms with Crippen molar-refractivity contribution < 1.29 is 37.1 Å². The standard InChI is InChI=1S/C32H37N5O8S/c1-32(2,3)45-27(38)16-15-24(30(40)36-17-19-37(20-18-36)31(41)44-4)34-29(39)25-21-26(46(42,43)23-13-9-6-10-14-23)35-28(33-25)22-11-7-5-8-12-22/h5-14,21,24H,15-20H2,1-4H3,(H,34,39)/t24-/m0/s1. The summed E-state index contributed by atoms with van der Waals surface area (Å²) in [5.74, 6) is -1.87. The van der Waals surface area contributed by atoms with Crippen LogP contribution in [-0.2, 0) is 28.9 Å². The predicted octanol–water partition coefficient (Wildman–Crippen LogP) is 3.11. The molecule has 1 aliphatic heterocycles. The van der Waals surface area contributed by atoms with Gasteiger partial charge >= 0.3 is 12.1 Å². The summed E-state index contributed by atoms with van der Waals surface area (Å²) in [5.41, 5.74) is -0.559. The van der Waals surface area contributed by atoms with Crippen LogP contribution in [-0.4, -0.2) is 97.0 Å². The molecule has 1 fully saturated rings. The van der Waals surface area contributed by atoms with E-state index in [9.17, 15) is 27.6 Å². The van der Waals surface area contributed by atoms with E-state index >= 15 is 0 Å². The second-order valence-electron chi connectivity index (χ2n) is 11.5. The lowest BCUT2D eigenvalue weighted by atomic mass is 10.1. The number of aromatic nitrogens is 2. The summed E-state index contributed by atoms with van der Waals surface area (Å²) in [6.45, 7) is 5.95. The van der Waals surface area contributed by atoms with Gasteiger partial charge in [0, 0.05) is 44.2 Å². The Morgan fingerprint density at radius 1 is 0.891 bits per heavy atom. The minimum Gasteiger partial charge on any atom is -0.460 e. The number of piperazine rings is 1. The van der Waals surface area contributed by atoms with E-state index in [2.05, 4.69) is 15.3 Å². The van der Waals surface area contributed by atoms with Crippen LogP contribution in [0.4, 0.5) is 4.79 Å². The van der Waals surface area contributed by atoms with Crippen LogP contribution in [0.15, 0.2) is 76.7 Å². The van der Waals surface area contributed by atoms with E-state index in [1.165, 1.54) is 29.0 Å². The van der Waals surface area contributed by atoms with E-state index in [0.717, 1.165) is 6.07 Å². The Kier molecular flexibility index (Phi) is 10.7. The van der Waals surface area contributed by atoms with Gasteiger partial charge in [0.05, 0.1) is 12.0 Å². The summed E-state index contributed by atoms with van der Waals surface area (Å²) in [5, 5.41) is 2.27. The van der Waals surface area contributed by atoms with Gasteiger partial charge in [-0.25, -0.2) is 23.2 Å². The first-order valence-corrected chi connectivity index (χ1v) is 16.2. The van der Waals surface area contributed by atoms with Crippen LogP contribution in [0.3, 0.4) is 0 Å². The molecule has 3 amide bonds. The third-order valence-corrected chi connectivity index (χ3v) is 8.63. The number of benzene rings is 2. The van der Waals surface area contributed by atoms with E-state index in [-0.39, 0.29) is 55.4 Å². The van der Waals surface area contributed by atoms with E-state index in [1.54, 1.807) is 69.3 Å². The first kappa shape index (κ1) is 34.0. The molecule has 0 saturated carbocycles. The van der Waals surface area contributed by atoms with Crippen LogP contribution < -0.4 is 5.32 Å². The molecule has 14 heteroatoms. The Bertz CT molecular complexity index is 1670. The Hall–Kier alpha value is -4.85. The highest BCUT2D eigenvalue weighted by atomic mass is 32.2. The molecule has 1 aromatic heterocycles. The molecule has 1 atom stereocenters. The maximum Gasteiger partial charge on any atom is 0.409 e. The van der Waals surface area contributed by atoms with E-state index in [1.807, 2.05) is 0 Å². The van der Waals surface area contributed by atoms with Crippen molar-refractivity contribution in [3.8, 4) is 11.4 Å². The van der Waals surface area contributed by atoms with Crippen LogP contribution in [0.25, 0.3) is 11.4 Å². The number of methoxy groups -OCH3 is 1. The highest BCUT2D eigenvalue weighted by Gasteiger charge is 2.32. The third-order valence-electron chi connectivity index (χ3n) is 6.98. The van der Waals surface area contributed by atoms with Crippen molar-refractivity contribution in [2.24, 2.45) is 0 Å². The molecule has 244 valence electrons. The zero-order valence-electron chi connectivity index (χ0n) is 26.1. The van der Waals surface area contributed by atoms with Gasteiger partial charge in [0.1, 0.15) is 17.3 Å². The number of esters is 1. The molecule has 3 aromatic rings. The number of sulfone groups is 1. The molecular formula is C32H37N5O8S. The molecule has 2 heterocycles. The molecular weight excluding hydrogens is 614 g/mol. The average Bonchev–Trinajstić information content (AvgIpc) is 3.05. The van der Waals surface area contributed by atoms with Crippen LogP contribution in [0, 0.1) is 0 Å². The highest BCUT2D eigenvalue weighted by molar-refractivity contribution is 7.91. The van der Waals surface area contributed by atoms with Crippen LogP contribution in [0.5, 0.6) is 0 Å². The molecule has 13 nitrogen and oxygen atoms in total. The molecule has 2 aromatic carbocycles. The van der Waals surface area contributed by atoms with Gasteiger partial charge in [-0.3, -0.25) is 14.4 Å². The quantitative estimate of drug-likeness (QED) is 0.268. The van der Waals surface area contributed by atoms with Crippen molar-refractivity contribution >= 4 is 33.7 Å². The largest absolute Gasteiger partial charge is 0.460 e. The Morgan fingerprint density at radius 2 is 1.48 bits per heavy atom. The zero-order valence-corrected chi connectivity index (χ0v) is 27.0. The number of hydrogen-bond acceptors (Lipinski definition) is 10. The minimum atomic E-state index is -4.15. The summed E-state index contributed by atoms with van der Waals surface area (Å²) in [7, 11) is -2.88. The molecule has 0 radical (unpaired) electrons. The first-order valence-electron chi connectivity index (χ1n) is 14.7. The fraction of sp³-hybridized carbons (Fsp3) is 0.375. The second kappa shape index (κ2) is 14.5. The number of ether oxygens (including phenoxy) is 2. The number of amides is 3. The topological polar surface area (TPSA) is 165 Å². The van der Waals surface area contributed by atoms with Crippen molar-refractivity contribution in [2.45, 2.75) is 55.2 Å². The first-order chi connectivity index (χ1) is 21.8. The smallest absolute Gasteiger partial charge is 0.409 e. The van der Waals surface area contributed by atoms with Crippen LogP contribution >= 0.6 is 0 Å². The summed E-state index contributed by atoms with van der Waals surface area (Å²) in [6.07, 6.45) is -0.785. The SMILES string of the molecule is COC(=O)N1CCN(C(=O)[C@H](CCC(=O)OC(C)(C)C)NC(=O)c2cc(S(=O)(=O)c3ccccc3)nc(-c3ccccc3)n2)CC1. The second-order valence-corrected chi connectivity index (χ2v) is 13.4.